The van der Waals surface area contributed by atoms with Crippen LogP contribution >= 0.6 is 0 Å². The Morgan fingerprint density at radius 1 is 0.564 bits per heavy atom. The smallest absolute Gasteiger partial charge is 0.362 e. The Hall–Kier alpha value is -3.49. The minimum Gasteiger partial charge on any atom is -0.477 e. The minimum atomic E-state index is -0.887. The van der Waals surface area contributed by atoms with Crippen molar-refractivity contribution in [3.8, 4) is 0 Å². The highest BCUT2D eigenvalue weighted by Crippen LogP contribution is 2.12. The van der Waals surface area contributed by atoms with Crippen molar-refractivity contribution in [2.24, 2.45) is 0 Å². The Bertz CT molecular complexity index is 1170. The molecule has 8 nitrogen and oxygen atoms in total. The minimum absolute atomic E-state index is 0.0390. The summed E-state index contributed by atoms with van der Waals surface area (Å²) in [7, 11) is 5.49. The number of hydrogen-bond donors (Lipinski definition) is 1. The highest BCUT2D eigenvalue weighted by atomic mass is 16.6. The number of esters is 2. The Morgan fingerprint density at radius 3 is 1.49 bits per heavy atom. The number of carbonyl (C=O) groups is 3. The van der Waals surface area contributed by atoms with E-state index < -0.39 is 18.1 Å². The monoisotopic (exact) mass is 769 g/mol. The van der Waals surface area contributed by atoms with E-state index in [1.165, 1.54) is 32.1 Å². The maximum atomic E-state index is 12.6. The molecule has 0 bridgehead atoms. The second-order valence-electron chi connectivity index (χ2n) is 14.9. The average molecular weight is 769 g/mol. The highest BCUT2D eigenvalue weighted by molar-refractivity contribution is 5.72. The van der Waals surface area contributed by atoms with Gasteiger partial charge in [0, 0.05) is 19.3 Å². The van der Waals surface area contributed by atoms with Gasteiger partial charge in [-0.3, -0.25) is 9.59 Å². The van der Waals surface area contributed by atoms with Crippen molar-refractivity contribution in [2.75, 3.05) is 41.0 Å². The summed E-state index contributed by atoms with van der Waals surface area (Å²) in [5.41, 5.74) is 0. The maximum Gasteiger partial charge on any atom is 0.362 e. The maximum absolute atomic E-state index is 12.6. The van der Waals surface area contributed by atoms with E-state index >= 15 is 0 Å². The number of aliphatic carboxylic acids is 1. The number of carbonyl (C=O) groups excluding carboxylic acids is 2. The predicted octanol–water partition coefficient (Wildman–Crippen LogP) is 11.4. The van der Waals surface area contributed by atoms with Gasteiger partial charge in [0.15, 0.2) is 12.1 Å². The summed E-state index contributed by atoms with van der Waals surface area (Å²) in [6.07, 6.45) is 47.9. The summed E-state index contributed by atoms with van der Waals surface area (Å²) < 4.78 is 17.1. The van der Waals surface area contributed by atoms with Gasteiger partial charge in [-0.2, -0.15) is 0 Å². The molecule has 0 aromatic rings. The van der Waals surface area contributed by atoms with Crippen LogP contribution in [-0.2, 0) is 28.6 Å². The molecule has 1 N–H and O–H groups in total. The summed E-state index contributed by atoms with van der Waals surface area (Å²) >= 11 is 0. The molecular weight excluding hydrogens is 691 g/mol. The Morgan fingerprint density at radius 2 is 1.02 bits per heavy atom. The molecule has 2 unspecified atom stereocenters. The van der Waals surface area contributed by atoms with Gasteiger partial charge in [-0.1, -0.05) is 144 Å². The molecule has 0 amide bonds. The quantitative estimate of drug-likeness (QED) is 0.0293. The largest absolute Gasteiger partial charge is 0.477 e. The first-order valence-corrected chi connectivity index (χ1v) is 21.1. The zero-order valence-electron chi connectivity index (χ0n) is 35.3. The number of allylic oxidation sites excluding steroid dienone is 14. The van der Waals surface area contributed by atoms with E-state index in [0.29, 0.717) is 19.3 Å². The van der Waals surface area contributed by atoms with Gasteiger partial charge in [-0.05, 0) is 64.2 Å². The van der Waals surface area contributed by atoms with Crippen LogP contribution in [0.2, 0.25) is 0 Å². The molecule has 8 heteroatoms. The van der Waals surface area contributed by atoms with Gasteiger partial charge < -0.3 is 23.8 Å². The number of ether oxygens (including phenoxy) is 3. The van der Waals surface area contributed by atoms with Crippen LogP contribution in [0.25, 0.3) is 0 Å². The zero-order chi connectivity index (χ0) is 40.7. The number of carboxylic acids is 1. The first-order chi connectivity index (χ1) is 26.6. The lowest BCUT2D eigenvalue weighted by Gasteiger charge is -2.31. The van der Waals surface area contributed by atoms with E-state index in [2.05, 4.69) is 98.9 Å². The molecule has 0 rings (SSSR count). The number of likely N-dealkylation sites (N-methyl/N-ethyl adjacent to an activating group) is 1. The van der Waals surface area contributed by atoms with E-state index in [1.54, 1.807) is 0 Å². The van der Waals surface area contributed by atoms with Gasteiger partial charge in [-0.15, -0.1) is 0 Å². The number of quaternary nitrogens is 1. The molecule has 0 heterocycles. The van der Waals surface area contributed by atoms with Crippen molar-refractivity contribution in [3.05, 3.63) is 85.1 Å². The Kier molecular flexibility index (Phi) is 35.1. The van der Waals surface area contributed by atoms with Crippen molar-refractivity contribution in [2.45, 2.75) is 154 Å². The first-order valence-electron chi connectivity index (χ1n) is 21.1. The van der Waals surface area contributed by atoms with Crippen LogP contribution < -0.4 is 0 Å². The van der Waals surface area contributed by atoms with Crippen LogP contribution in [0, 0.1) is 0 Å². The number of nitrogens with zero attached hydrogens (tertiary/aromatic N) is 1. The highest BCUT2D eigenvalue weighted by Gasteiger charge is 2.31. The SMILES string of the molecule is CC/C=C/C/C=C/C/C=C/C/C=C/C/C=C/C/C=C/C/C=C/CCCC(=O)OCC(COCCC(C(=O)O)[N+](C)(C)C)OC(=O)CCCCCCCCCC. The Balaban J connectivity index is 4.37. The number of unbranched alkanes of at least 4 members (excludes halogenated alkanes) is 8. The summed E-state index contributed by atoms with van der Waals surface area (Å²) in [4.78, 5) is 36.8. The molecule has 312 valence electrons. The molecule has 0 fully saturated rings. The van der Waals surface area contributed by atoms with Crippen LogP contribution in [0.4, 0.5) is 0 Å². The molecule has 2 atom stereocenters. The predicted molar refractivity (Wildman–Crippen MR) is 229 cm³/mol. The molecule has 0 aromatic heterocycles. The van der Waals surface area contributed by atoms with Crippen molar-refractivity contribution >= 4 is 17.9 Å². The average Bonchev–Trinajstić information content (AvgIpc) is 3.14. The lowest BCUT2D eigenvalue weighted by Crippen LogP contribution is -2.50. The number of hydrogen-bond acceptors (Lipinski definition) is 6. The topological polar surface area (TPSA) is 99.1 Å². The van der Waals surface area contributed by atoms with Crippen LogP contribution in [0.5, 0.6) is 0 Å². The summed E-state index contributed by atoms with van der Waals surface area (Å²) in [6.45, 7) is 4.50. The van der Waals surface area contributed by atoms with Gasteiger partial charge in [0.05, 0.1) is 34.4 Å². The lowest BCUT2D eigenvalue weighted by atomic mass is 10.1. The third kappa shape index (κ3) is 35.9. The summed E-state index contributed by atoms with van der Waals surface area (Å²) in [5, 5.41) is 9.58. The lowest BCUT2D eigenvalue weighted by molar-refractivity contribution is -0.887. The molecule has 0 aromatic carbocycles. The fourth-order valence-electron chi connectivity index (χ4n) is 5.55. The molecule has 0 aliphatic rings. The van der Waals surface area contributed by atoms with E-state index in [1.807, 2.05) is 21.1 Å². The number of rotatable bonds is 36. The third-order valence-corrected chi connectivity index (χ3v) is 8.81. The Labute approximate surface area is 335 Å². The van der Waals surface area contributed by atoms with E-state index in [9.17, 15) is 19.5 Å². The van der Waals surface area contributed by atoms with Crippen LogP contribution in [0.15, 0.2) is 85.1 Å². The fraction of sp³-hybridized carbons (Fsp3) is 0.638. The fourth-order valence-corrected chi connectivity index (χ4v) is 5.55. The summed E-state index contributed by atoms with van der Waals surface area (Å²) in [6, 6.07) is -0.625. The zero-order valence-corrected chi connectivity index (χ0v) is 35.3. The number of carboxylic acid groups (broad SMARTS) is 1. The van der Waals surface area contributed by atoms with Crippen molar-refractivity contribution in [1.82, 2.24) is 0 Å². The standard InChI is InChI=1S/C47H77NO7/c1-6-8-10-12-14-16-17-18-19-20-21-22-23-24-25-26-27-28-29-30-32-33-35-37-45(49)54-42-43(41-53-40-39-44(47(51)52)48(3,4)5)55-46(50)38-36-34-31-15-13-11-9-7-2/h8,10,14,16,18-19,21-22,24-25,27-28,30,32,43-44H,6-7,9,11-13,15,17,20,23,26,29,31,33-42H2,1-5H3/p+1/b10-8+,16-14+,19-18+,22-21+,25-24+,28-27+,32-30+. The second kappa shape index (κ2) is 37.4. The third-order valence-electron chi connectivity index (χ3n) is 8.81. The van der Waals surface area contributed by atoms with Gasteiger partial charge in [0.1, 0.15) is 6.61 Å². The van der Waals surface area contributed by atoms with Crippen LogP contribution in [0.3, 0.4) is 0 Å². The van der Waals surface area contributed by atoms with Crippen molar-refractivity contribution < 1.29 is 38.2 Å². The van der Waals surface area contributed by atoms with Gasteiger partial charge in [0.25, 0.3) is 0 Å². The molecule has 0 saturated carbocycles. The van der Waals surface area contributed by atoms with Gasteiger partial charge in [-0.25, -0.2) is 4.79 Å². The molecule has 0 aliphatic heterocycles. The van der Waals surface area contributed by atoms with Crippen molar-refractivity contribution in [1.29, 1.82) is 0 Å². The molecule has 55 heavy (non-hydrogen) atoms. The van der Waals surface area contributed by atoms with Crippen LogP contribution in [-0.4, -0.2) is 80.6 Å². The van der Waals surface area contributed by atoms with E-state index in [0.717, 1.165) is 70.6 Å². The normalized spacial score (nSPS) is 13.8. The van der Waals surface area contributed by atoms with Crippen molar-refractivity contribution in [3.63, 3.8) is 0 Å². The molecule has 0 radical (unpaired) electrons. The molecule has 0 saturated heterocycles. The van der Waals surface area contributed by atoms with Gasteiger partial charge in [0.2, 0.25) is 0 Å². The second-order valence-corrected chi connectivity index (χ2v) is 14.9. The van der Waals surface area contributed by atoms with E-state index in [4.69, 9.17) is 14.2 Å². The first kappa shape index (κ1) is 51.5. The molecular formula is C47H78NO7+. The van der Waals surface area contributed by atoms with E-state index in [-0.39, 0.29) is 42.7 Å². The van der Waals surface area contributed by atoms with Crippen LogP contribution in [0.1, 0.15) is 142 Å². The van der Waals surface area contributed by atoms with Gasteiger partial charge >= 0.3 is 17.9 Å². The summed E-state index contributed by atoms with van der Waals surface area (Å²) in [5.74, 6) is -1.56. The molecule has 0 aliphatic carbocycles. The molecule has 0 spiro atoms.